The molecule has 0 spiro atoms. The number of para-hydroxylation sites is 1. The van der Waals surface area contributed by atoms with E-state index in [2.05, 4.69) is 15.6 Å². The highest BCUT2D eigenvalue weighted by Gasteiger charge is 2.32. The van der Waals surface area contributed by atoms with Crippen molar-refractivity contribution < 1.29 is 19.1 Å². The zero-order chi connectivity index (χ0) is 18.8. The maximum Gasteiger partial charge on any atom is 0.325 e. The Morgan fingerprint density at radius 3 is 2.93 bits per heavy atom. The number of pyridine rings is 1. The number of hydrogen-bond acceptors (Lipinski definition) is 5. The molecule has 1 aromatic heterocycles. The molecule has 2 atom stereocenters. The summed E-state index contributed by atoms with van der Waals surface area (Å²) >= 11 is 0. The minimum atomic E-state index is -0.530. The van der Waals surface area contributed by atoms with Crippen LogP contribution in [0.4, 0.5) is 4.79 Å². The topological polar surface area (TPSA) is 101 Å². The third-order valence-corrected chi connectivity index (χ3v) is 4.97. The van der Waals surface area contributed by atoms with Gasteiger partial charge in [0.2, 0.25) is 11.8 Å². The van der Waals surface area contributed by atoms with Gasteiger partial charge in [0.05, 0.1) is 24.8 Å². The Bertz CT molecular complexity index is 895. The van der Waals surface area contributed by atoms with Gasteiger partial charge in [-0.3, -0.25) is 19.9 Å². The smallest absolute Gasteiger partial charge is 0.325 e. The Kier molecular flexibility index (Phi) is 4.72. The van der Waals surface area contributed by atoms with Crippen LogP contribution in [0.1, 0.15) is 5.56 Å². The molecule has 1 aromatic carbocycles. The molecule has 2 aliphatic heterocycles. The van der Waals surface area contributed by atoms with Crippen molar-refractivity contribution in [2.45, 2.75) is 12.5 Å². The van der Waals surface area contributed by atoms with Crippen LogP contribution in [0, 0.1) is 5.92 Å². The van der Waals surface area contributed by atoms with E-state index in [1.807, 2.05) is 30.3 Å². The number of imide groups is 1. The number of carbonyl (C=O) groups excluding carboxylic acids is 3. The number of ether oxygens (including phenoxy) is 1. The van der Waals surface area contributed by atoms with Crippen LogP contribution in [0.5, 0.6) is 0 Å². The predicted octanol–water partition coefficient (Wildman–Crippen LogP) is 0.460. The third-order valence-electron chi connectivity index (χ3n) is 4.97. The van der Waals surface area contributed by atoms with Gasteiger partial charge in [-0.05, 0) is 24.1 Å². The highest BCUT2D eigenvalue weighted by atomic mass is 16.5. The summed E-state index contributed by atoms with van der Waals surface area (Å²) in [6.45, 7) is 0.771. The molecule has 2 saturated heterocycles. The molecule has 2 fully saturated rings. The van der Waals surface area contributed by atoms with Crippen LogP contribution in [0.3, 0.4) is 0 Å². The Balaban J connectivity index is 1.41. The number of amides is 4. The summed E-state index contributed by atoms with van der Waals surface area (Å²) in [4.78, 5) is 40.7. The summed E-state index contributed by atoms with van der Waals surface area (Å²) in [5, 5.41) is 6.21. The second kappa shape index (κ2) is 7.32. The summed E-state index contributed by atoms with van der Waals surface area (Å²) in [7, 11) is 0. The minimum Gasteiger partial charge on any atom is -0.379 e. The lowest BCUT2D eigenvalue weighted by atomic mass is 9.93. The predicted molar refractivity (Wildman–Crippen MR) is 96.8 cm³/mol. The van der Waals surface area contributed by atoms with Crippen molar-refractivity contribution in [3.63, 3.8) is 0 Å². The fourth-order valence-corrected chi connectivity index (χ4v) is 3.61. The molecule has 4 rings (SSSR count). The molecule has 0 saturated carbocycles. The van der Waals surface area contributed by atoms with E-state index in [-0.39, 0.29) is 36.9 Å². The average molecular weight is 368 g/mol. The number of aromatic nitrogens is 1. The van der Waals surface area contributed by atoms with Crippen molar-refractivity contribution in [3.8, 4) is 0 Å². The number of nitrogens with zero attached hydrogens (tertiary/aromatic N) is 2. The number of rotatable bonds is 5. The highest BCUT2D eigenvalue weighted by molar-refractivity contribution is 6.03. The lowest BCUT2D eigenvalue weighted by molar-refractivity contribution is -0.122. The minimum absolute atomic E-state index is 0.0835. The van der Waals surface area contributed by atoms with Crippen molar-refractivity contribution >= 4 is 28.7 Å². The van der Waals surface area contributed by atoms with Crippen LogP contribution in [-0.4, -0.2) is 60.1 Å². The molecule has 0 aliphatic carbocycles. The average Bonchev–Trinajstić information content (AvgIpc) is 3.21. The summed E-state index contributed by atoms with van der Waals surface area (Å²) < 4.78 is 5.59. The zero-order valence-corrected chi connectivity index (χ0v) is 14.7. The van der Waals surface area contributed by atoms with Gasteiger partial charge in [0.1, 0.15) is 13.1 Å². The molecule has 2 N–H and O–H groups in total. The number of nitrogens with one attached hydrogen (secondary N) is 2. The fraction of sp³-hybridized carbons (Fsp3) is 0.368. The molecule has 27 heavy (non-hydrogen) atoms. The van der Waals surface area contributed by atoms with Gasteiger partial charge in [-0.15, -0.1) is 0 Å². The molecule has 4 amide bonds. The number of benzene rings is 1. The number of carbonyl (C=O) groups is 3. The molecule has 0 radical (unpaired) electrons. The monoisotopic (exact) mass is 368 g/mol. The molecule has 140 valence electrons. The molecule has 2 aromatic rings. The van der Waals surface area contributed by atoms with Gasteiger partial charge in [0.15, 0.2) is 0 Å². The Labute approximate surface area is 155 Å². The van der Waals surface area contributed by atoms with E-state index in [1.54, 1.807) is 6.20 Å². The number of urea groups is 1. The molecule has 0 bridgehead atoms. The van der Waals surface area contributed by atoms with Gasteiger partial charge in [0.25, 0.3) is 0 Å². The fourth-order valence-electron chi connectivity index (χ4n) is 3.61. The summed E-state index contributed by atoms with van der Waals surface area (Å²) in [5.41, 5.74) is 2.11. The second-order valence-corrected chi connectivity index (χ2v) is 6.87. The van der Waals surface area contributed by atoms with Crippen LogP contribution in [0.2, 0.25) is 0 Å². The van der Waals surface area contributed by atoms with E-state index in [0.29, 0.717) is 13.2 Å². The zero-order valence-electron chi connectivity index (χ0n) is 14.7. The van der Waals surface area contributed by atoms with Gasteiger partial charge in [-0.2, -0.15) is 0 Å². The van der Waals surface area contributed by atoms with Crippen molar-refractivity contribution in [2.24, 2.45) is 5.92 Å². The molecule has 8 nitrogen and oxygen atoms in total. The highest BCUT2D eigenvalue weighted by Crippen LogP contribution is 2.24. The number of hydrogen-bond donors (Lipinski definition) is 2. The van der Waals surface area contributed by atoms with Crippen molar-refractivity contribution in [2.75, 3.05) is 26.3 Å². The lowest BCUT2D eigenvalue weighted by Gasteiger charge is -2.21. The van der Waals surface area contributed by atoms with E-state index in [4.69, 9.17) is 4.74 Å². The van der Waals surface area contributed by atoms with Crippen molar-refractivity contribution in [1.82, 2.24) is 20.5 Å². The van der Waals surface area contributed by atoms with Gasteiger partial charge in [-0.25, -0.2) is 4.79 Å². The van der Waals surface area contributed by atoms with Crippen LogP contribution in [0.15, 0.2) is 36.5 Å². The van der Waals surface area contributed by atoms with E-state index >= 15 is 0 Å². The normalized spacial score (nSPS) is 22.3. The second-order valence-electron chi connectivity index (χ2n) is 6.87. The maximum atomic E-state index is 12.3. The SMILES string of the molecule is O=C1CN(CC(=O)NC2COCC2Cc2ccnc3ccccc23)C(=O)N1. The molecule has 8 heteroatoms. The van der Waals surface area contributed by atoms with Gasteiger partial charge in [0, 0.05) is 17.5 Å². The van der Waals surface area contributed by atoms with E-state index in [0.717, 1.165) is 17.3 Å². The Hall–Kier alpha value is -3.00. The van der Waals surface area contributed by atoms with Crippen LogP contribution < -0.4 is 10.6 Å². The van der Waals surface area contributed by atoms with Crippen LogP contribution in [0.25, 0.3) is 10.9 Å². The van der Waals surface area contributed by atoms with Crippen molar-refractivity contribution in [3.05, 3.63) is 42.1 Å². The first-order valence-electron chi connectivity index (χ1n) is 8.88. The molecular weight excluding hydrogens is 348 g/mol. The van der Waals surface area contributed by atoms with Gasteiger partial charge in [-0.1, -0.05) is 18.2 Å². The van der Waals surface area contributed by atoms with Crippen LogP contribution in [-0.2, 0) is 20.7 Å². The molecule has 3 heterocycles. The quantitative estimate of drug-likeness (QED) is 0.747. The lowest BCUT2D eigenvalue weighted by Crippen LogP contribution is -2.46. The first-order valence-corrected chi connectivity index (χ1v) is 8.88. The summed E-state index contributed by atoms with van der Waals surface area (Å²) in [5.74, 6) is -0.548. The standard InChI is InChI=1S/C19H20N4O4/c24-17(8-23-9-18(25)22-19(23)26)21-16-11-27-10-13(16)7-12-5-6-20-15-4-2-1-3-14(12)15/h1-6,13,16H,7-11H2,(H,21,24)(H,22,25,26). The van der Waals surface area contributed by atoms with E-state index in [9.17, 15) is 14.4 Å². The largest absolute Gasteiger partial charge is 0.379 e. The number of fused-ring (bicyclic) bond motifs is 1. The molecule has 2 unspecified atom stereocenters. The Morgan fingerprint density at radius 1 is 1.26 bits per heavy atom. The first kappa shape index (κ1) is 17.4. The summed E-state index contributed by atoms with van der Waals surface area (Å²) in [6.07, 6.45) is 2.56. The molecular formula is C19H20N4O4. The Morgan fingerprint density at radius 2 is 2.11 bits per heavy atom. The van der Waals surface area contributed by atoms with E-state index in [1.165, 1.54) is 10.5 Å². The summed E-state index contributed by atoms with van der Waals surface area (Å²) in [6, 6.07) is 9.30. The molecule has 2 aliphatic rings. The van der Waals surface area contributed by atoms with Crippen molar-refractivity contribution in [1.29, 1.82) is 0 Å². The van der Waals surface area contributed by atoms with Gasteiger partial charge < -0.3 is 15.0 Å². The van der Waals surface area contributed by atoms with Gasteiger partial charge >= 0.3 is 6.03 Å². The van der Waals surface area contributed by atoms with Crippen LogP contribution >= 0.6 is 0 Å². The van der Waals surface area contributed by atoms with E-state index < -0.39 is 6.03 Å². The third kappa shape index (κ3) is 3.75. The maximum absolute atomic E-state index is 12.3. The first-order chi connectivity index (χ1) is 13.1.